The van der Waals surface area contributed by atoms with Crippen LogP contribution in [0.3, 0.4) is 0 Å². The van der Waals surface area contributed by atoms with Crippen LogP contribution in [-0.4, -0.2) is 34.6 Å². The molecular formula is C16H19N3O4. The molecule has 2 unspecified atom stereocenters. The van der Waals surface area contributed by atoms with Crippen molar-refractivity contribution in [1.29, 1.82) is 5.26 Å². The molecule has 0 spiro atoms. The monoisotopic (exact) mass is 317 g/mol. The zero-order chi connectivity index (χ0) is 17.2. The van der Waals surface area contributed by atoms with Gasteiger partial charge in [0.25, 0.3) is 0 Å². The highest BCUT2D eigenvalue weighted by atomic mass is 16.5. The molecule has 0 bridgehead atoms. The largest absolute Gasteiger partial charge is 0.481 e. The van der Waals surface area contributed by atoms with Crippen LogP contribution < -0.4 is 9.64 Å². The van der Waals surface area contributed by atoms with Crippen molar-refractivity contribution < 1.29 is 19.4 Å². The summed E-state index contributed by atoms with van der Waals surface area (Å²) < 4.78 is 5.12. The van der Waals surface area contributed by atoms with E-state index in [4.69, 9.17) is 10.00 Å². The molecule has 2 rings (SSSR count). The van der Waals surface area contributed by atoms with Crippen molar-refractivity contribution in [3.05, 3.63) is 17.8 Å². The molecule has 1 amide bonds. The van der Waals surface area contributed by atoms with Crippen LogP contribution in [0.15, 0.2) is 12.3 Å². The molecule has 1 aromatic heterocycles. The number of anilines is 1. The van der Waals surface area contributed by atoms with Gasteiger partial charge in [0.2, 0.25) is 11.8 Å². The molecule has 0 radical (unpaired) electrons. The van der Waals surface area contributed by atoms with Crippen molar-refractivity contribution in [3.8, 4) is 11.9 Å². The summed E-state index contributed by atoms with van der Waals surface area (Å²) >= 11 is 0. The van der Waals surface area contributed by atoms with Crippen LogP contribution in [-0.2, 0) is 9.59 Å². The van der Waals surface area contributed by atoms with E-state index in [1.807, 2.05) is 13.0 Å². The van der Waals surface area contributed by atoms with Crippen molar-refractivity contribution in [2.24, 2.45) is 0 Å². The van der Waals surface area contributed by atoms with Crippen LogP contribution in [0.2, 0.25) is 0 Å². The fourth-order valence-electron chi connectivity index (χ4n) is 3.54. The molecule has 1 N–H and O–H groups in total. The van der Waals surface area contributed by atoms with Crippen LogP contribution in [0.5, 0.6) is 5.88 Å². The van der Waals surface area contributed by atoms with Crippen molar-refractivity contribution in [1.82, 2.24) is 4.98 Å². The number of hydrogen-bond donors (Lipinski definition) is 1. The number of carboxylic acids is 1. The van der Waals surface area contributed by atoms with Gasteiger partial charge in [-0.3, -0.25) is 9.69 Å². The van der Waals surface area contributed by atoms with E-state index in [2.05, 4.69) is 4.98 Å². The van der Waals surface area contributed by atoms with Gasteiger partial charge in [0.15, 0.2) is 5.54 Å². The SMILES string of the molecule is CCC1c2cc(OC)ncc2N(C(C)=O)C1(CCC#N)C(=O)O. The van der Waals surface area contributed by atoms with Gasteiger partial charge in [-0.05, 0) is 18.4 Å². The molecule has 0 fully saturated rings. The molecule has 2 atom stereocenters. The molecule has 0 saturated heterocycles. The predicted molar refractivity (Wildman–Crippen MR) is 82.2 cm³/mol. The molecule has 7 heteroatoms. The van der Waals surface area contributed by atoms with E-state index in [1.165, 1.54) is 25.1 Å². The summed E-state index contributed by atoms with van der Waals surface area (Å²) in [6.45, 7) is 3.20. The molecule has 0 aliphatic carbocycles. The quantitative estimate of drug-likeness (QED) is 0.891. The average molecular weight is 317 g/mol. The third-order valence-corrected chi connectivity index (χ3v) is 4.40. The minimum atomic E-state index is -1.47. The summed E-state index contributed by atoms with van der Waals surface area (Å²) in [6, 6.07) is 3.66. The summed E-state index contributed by atoms with van der Waals surface area (Å²) in [5, 5.41) is 18.9. The number of nitrogens with zero attached hydrogens (tertiary/aromatic N) is 3. The normalized spacial score (nSPS) is 22.3. The number of rotatable bonds is 5. The molecule has 1 aromatic rings. The summed E-state index contributed by atoms with van der Waals surface area (Å²) in [5.41, 5.74) is -0.271. The van der Waals surface area contributed by atoms with Crippen molar-refractivity contribution >= 4 is 17.6 Å². The zero-order valence-electron chi connectivity index (χ0n) is 13.4. The van der Waals surface area contributed by atoms with Gasteiger partial charge in [0.05, 0.1) is 25.1 Å². The molecule has 1 aliphatic rings. The highest BCUT2D eigenvalue weighted by Crippen LogP contribution is 2.52. The second-order valence-corrected chi connectivity index (χ2v) is 5.49. The standard InChI is InChI=1S/C16H19N3O4/c1-4-12-11-8-14(23-3)18-9-13(11)19(10(2)20)16(12,15(21)22)6-5-7-17/h8-9,12H,4-6H2,1-3H3,(H,21,22). The lowest BCUT2D eigenvalue weighted by Gasteiger charge is -2.37. The lowest BCUT2D eigenvalue weighted by molar-refractivity contribution is -0.146. The Morgan fingerprint density at radius 3 is 2.74 bits per heavy atom. The number of hydrogen-bond acceptors (Lipinski definition) is 5. The summed E-state index contributed by atoms with van der Waals surface area (Å²) in [7, 11) is 1.48. The highest BCUT2D eigenvalue weighted by molar-refractivity contribution is 6.04. The Labute approximate surface area is 134 Å². The van der Waals surface area contributed by atoms with Gasteiger partial charge < -0.3 is 9.84 Å². The first-order valence-electron chi connectivity index (χ1n) is 7.39. The van der Waals surface area contributed by atoms with Crippen LogP contribution in [0.1, 0.15) is 44.6 Å². The fourth-order valence-corrected chi connectivity index (χ4v) is 3.54. The summed E-state index contributed by atoms with van der Waals surface area (Å²) in [5.74, 6) is -1.55. The number of aliphatic carboxylic acids is 1. The van der Waals surface area contributed by atoms with Crippen LogP contribution in [0.25, 0.3) is 0 Å². The van der Waals surface area contributed by atoms with Crippen LogP contribution >= 0.6 is 0 Å². The Hall–Kier alpha value is -2.62. The lowest BCUT2D eigenvalue weighted by atomic mass is 9.77. The minimum Gasteiger partial charge on any atom is -0.481 e. The number of carboxylic acid groups (broad SMARTS) is 1. The Balaban J connectivity index is 2.72. The number of carbonyl (C=O) groups is 2. The van der Waals surface area contributed by atoms with E-state index in [9.17, 15) is 14.7 Å². The fraction of sp³-hybridized carbons (Fsp3) is 0.500. The summed E-state index contributed by atoms with van der Waals surface area (Å²) in [4.78, 5) is 29.8. The number of fused-ring (bicyclic) bond motifs is 1. The van der Waals surface area contributed by atoms with E-state index in [1.54, 1.807) is 6.07 Å². The Kier molecular flexibility index (Phi) is 4.55. The first-order valence-corrected chi connectivity index (χ1v) is 7.39. The topological polar surface area (TPSA) is 104 Å². The maximum absolute atomic E-state index is 12.2. The van der Waals surface area contributed by atoms with E-state index in [-0.39, 0.29) is 18.7 Å². The van der Waals surface area contributed by atoms with E-state index >= 15 is 0 Å². The Morgan fingerprint density at radius 1 is 1.57 bits per heavy atom. The average Bonchev–Trinajstić information content (AvgIpc) is 2.82. The number of amides is 1. The Morgan fingerprint density at radius 2 is 2.26 bits per heavy atom. The van der Waals surface area contributed by atoms with E-state index in [0.717, 1.165) is 5.56 Å². The molecule has 0 saturated carbocycles. The van der Waals surface area contributed by atoms with Crippen LogP contribution in [0, 0.1) is 11.3 Å². The number of carbonyl (C=O) groups excluding carboxylic acids is 1. The second-order valence-electron chi connectivity index (χ2n) is 5.49. The van der Waals surface area contributed by atoms with Crippen LogP contribution in [0.4, 0.5) is 5.69 Å². The number of nitriles is 1. The third-order valence-electron chi connectivity index (χ3n) is 4.40. The van der Waals surface area contributed by atoms with E-state index < -0.39 is 17.4 Å². The van der Waals surface area contributed by atoms with Gasteiger partial charge in [-0.15, -0.1) is 0 Å². The van der Waals surface area contributed by atoms with Crippen molar-refractivity contribution in [2.45, 2.75) is 44.6 Å². The van der Waals surface area contributed by atoms with Gasteiger partial charge in [0, 0.05) is 25.3 Å². The number of ether oxygens (including phenoxy) is 1. The Bertz CT molecular complexity index is 682. The zero-order valence-corrected chi connectivity index (χ0v) is 13.4. The predicted octanol–water partition coefficient (Wildman–Crippen LogP) is 2.08. The highest BCUT2D eigenvalue weighted by Gasteiger charge is 2.57. The number of methoxy groups -OCH3 is 1. The van der Waals surface area contributed by atoms with Gasteiger partial charge in [-0.2, -0.15) is 5.26 Å². The second kappa shape index (κ2) is 6.24. The molecular weight excluding hydrogens is 298 g/mol. The molecule has 2 heterocycles. The lowest BCUT2D eigenvalue weighted by Crippen LogP contribution is -2.57. The number of pyridine rings is 1. The smallest absolute Gasteiger partial charge is 0.330 e. The molecule has 122 valence electrons. The molecule has 7 nitrogen and oxygen atoms in total. The third kappa shape index (κ3) is 2.40. The van der Waals surface area contributed by atoms with Crippen molar-refractivity contribution in [2.75, 3.05) is 12.0 Å². The van der Waals surface area contributed by atoms with Gasteiger partial charge in [-0.25, -0.2) is 9.78 Å². The van der Waals surface area contributed by atoms with Gasteiger partial charge in [0.1, 0.15) is 0 Å². The van der Waals surface area contributed by atoms with Crippen molar-refractivity contribution in [3.63, 3.8) is 0 Å². The maximum Gasteiger partial charge on any atom is 0.330 e. The van der Waals surface area contributed by atoms with E-state index in [0.29, 0.717) is 18.0 Å². The molecule has 1 aliphatic heterocycles. The van der Waals surface area contributed by atoms with Gasteiger partial charge in [-0.1, -0.05) is 6.92 Å². The maximum atomic E-state index is 12.2. The van der Waals surface area contributed by atoms with Gasteiger partial charge >= 0.3 is 5.97 Å². The first kappa shape index (κ1) is 16.7. The molecule has 23 heavy (non-hydrogen) atoms. The number of aromatic nitrogens is 1. The summed E-state index contributed by atoms with van der Waals surface area (Å²) in [6.07, 6.45) is 2.09. The minimum absolute atomic E-state index is 0.0468. The molecule has 0 aromatic carbocycles. The first-order chi connectivity index (χ1) is 10.9.